The summed E-state index contributed by atoms with van der Waals surface area (Å²) in [6, 6.07) is 11.1. The smallest absolute Gasteiger partial charge is 0.289 e. The predicted octanol–water partition coefficient (Wildman–Crippen LogP) is 3.29. The van der Waals surface area contributed by atoms with Crippen LogP contribution in [0.3, 0.4) is 0 Å². The maximum absolute atomic E-state index is 12.8. The number of hydrogen-bond acceptors (Lipinski definition) is 6. The Morgan fingerprint density at radius 1 is 1.13 bits per heavy atom. The Hall–Kier alpha value is -2.59. The Labute approximate surface area is 186 Å². The van der Waals surface area contributed by atoms with E-state index in [1.165, 1.54) is 18.0 Å². The zero-order chi connectivity index (χ0) is 21.1. The van der Waals surface area contributed by atoms with Gasteiger partial charge in [0.2, 0.25) is 11.1 Å². The van der Waals surface area contributed by atoms with E-state index in [0.717, 1.165) is 10.0 Å². The standard InChI is InChI=1S/C20H20BrN5O3S/c1-13(30-20-22-17(23-24-20)14-5-2-3-6-15(14)21)18(27)25-8-10-26(11-9-25)19(28)16-7-4-12-29-16/h2-7,12-13H,8-11H2,1H3,(H,22,23,24). The van der Waals surface area contributed by atoms with Crippen LogP contribution < -0.4 is 0 Å². The van der Waals surface area contributed by atoms with Gasteiger partial charge in [-0.2, -0.15) is 0 Å². The lowest BCUT2D eigenvalue weighted by molar-refractivity contribution is -0.131. The number of nitrogens with zero attached hydrogens (tertiary/aromatic N) is 4. The first-order chi connectivity index (χ1) is 14.5. The Morgan fingerprint density at radius 2 is 1.87 bits per heavy atom. The average Bonchev–Trinajstić information content (AvgIpc) is 3.45. The molecule has 1 atom stereocenters. The van der Waals surface area contributed by atoms with Crippen molar-refractivity contribution >= 4 is 39.5 Å². The van der Waals surface area contributed by atoms with Gasteiger partial charge in [-0.25, -0.2) is 4.98 Å². The minimum atomic E-state index is -0.333. The second-order valence-electron chi connectivity index (χ2n) is 6.80. The average molecular weight is 490 g/mol. The molecular formula is C20H20BrN5O3S. The van der Waals surface area contributed by atoms with Crippen molar-refractivity contribution in [1.82, 2.24) is 25.0 Å². The van der Waals surface area contributed by atoms with Gasteiger partial charge in [0.05, 0.1) is 11.5 Å². The SMILES string of the molecule is CC(Sc1n[nH]c(-c2ccccc2Br)n1)C(=O)N1CCN(C(=O)c2ccco2)CC1. The van der Waals surface area contributed by atoms with Crippen LogP contribution in [0.2, 0.25) is 0 Å². The number of hydrogen-bond donors (Lipinski definition) is 1. The zero-order valence-electron chi connectivity index (χ0n) is 16.2. The quantitative estimate of drug-likeness (QED) is 0.552. The van der Waals surface area contributed by atoms with Crippen LogP contribution in [0, 0.1) is 0 Å². The fourth-order valence-corrected chi connectivity index (χ4v) is 4.51. The van der Waals surface area contributed by atoms with Gasteiger partial charge in [0.15, 0.2) is 11.6 Å². The molecule has 0 bridgehead atoms. The number of piperazine rings is 1. The summed E-state index contributed by atoms with van der Waals surface area (Å²) in [5.74, 6) is 0.839. The molecule has 1 saturated heterocycles. The number of amides is 2. The summed E-state index contributed by atoms with van der Waals surface area (Å²) in [6.45, 7) is 3.80. The second kappa shape index (κ2) is 9.05. The van der Waals surface area contributed by atoms with Crippen LogP contribution in [-0.4, -0.2) is 68.2 Å². The molecule has 156 valence electrons. The topological polar surface area (TPSA) is 95.3 Å². The fourth-order valence-electron chi connectivity index (χ4n) is 3.22. The first kappa shape index (κ1) is 20.7. The summed E-state index contributed by atoms with van der Waals surface area (Å²) >= 11 is 4.82. The second-order valence-corrected chi connectivity index (χ2v) is 8.96. The van der Waals surface area contributed by atoms with Crippen molar-refractivity contribution in [3.05, 3.63) is 52.9 Å². The van der Waals surface area contributed by atoms with Crippen molar-refractivity contribution in [3.8, 4) is 11.4 Å². The van der Waals surface area contributed by atoms with Crippen molar-refractivity contribution in [2.75, 3.05) is 26.2 Å². The molecule has 1 aromatic carbocycles. The van der Waals surface area contributed by atoms with Crippen molar-refractivity contribution in [2.24, 2.45) is 0 Å². The molecule has 0 spiro atoms. The summed E-state index contributed by atoms with van der Waals surface area (Å²) in [6.07, 6.45) is 1.48. The monoisotopic (exact) mass is 489 g/mol. The highest BCUT2D eigenvalue weighted by Gasteiger charge is 2.29. The van der Waals surface area contributed by atoms with E-state index in [0.29, 0.717) is 42.9 Å². The maximum Gasteiger partial charge on any atom is 0.289 e. The Morgan fingerprint density at radius 3 is 2.57 bits per heavy atom. The van der Waals surface area contributed by atoms with Gasteiger partial charge in [-0.3, -0.25) is 14.7 Å². The molecule has 10 heteroatoms. The molecule has 4 rings (SSSR count). The van der Waals surface area contributed by atoms with E-state index in [1.807, 2.05) is 31.2 Å². The lowest BCUT2D eigenvalue weighted by atomic mass is 10.2. The molecule has 1 fully saturated rings. The minimum absolute atomic E-state index is 0.0114. The number of H-pyrrole nitrogens is 1. The van der Waals surface area contributed by atoms with Crippen LogP contribution in [0.4, 0.5) is 0 Å². The van der Waals surface area contributed by atoms with Gasteiger partial charge in [0, 0.05) is 36.2 Å². The van der Waals surface area contributed by atoms with Gasteiger partial charge in [0.25, 0.3) is 5.91 Å². The molecule has 8 nitrogen and oxygen atoms in total. The number of benzene rings is 1. The van der Waals surface area contributed by atoms with Crippen molar-refractivity contribution in [2.45, 2.75) is 17.3 Å². The van der Waals surface area contributed by atoms with Gasteiger partial charge in [-0.1, -0.05) is 45.9 Å². The van der Waals surface area contributed by atoms with Crippen LogP contribution in [-0.2, 0) is 4.79 Å². The summed E-state index contributed by atoms with van der Waals surface area (Å²) in [5.41, 5.74) is 0.910. The van der Waals surface area contributed by atoms with E-state index in [4.69, 9.17) is 4.42 Å². The van der Waals surface area contributed by atoms with Gasteiger partial charge >= 0.3 is 0 Å². The zero-order valence-corrected chi connectivity index (χ0v) is 18.6. The number of thioether (sulfide) groups is 1. The molecule has 1 unspecified atom stereocenters. The molecule has 2 amide bonds. The number of rotatable bonds is 5. The molecule has 0 radical (unpaired) electrons. The third-order valence-corrected chi connectivity index (χ3v) is 6.47. The summed E-state index contributed by atoms with van der Waals surface area (Å²) in [4.78, 5) is 33.2. The van der Waals surface area contributed by atoms with Crippen LogP contribution in [0.1, 0.15) is 17.5 Å². The van der Waals surface area contributed by atoms with Crippen LogP contribution in [0.5, 0.6) is 0 Å². The Balaban J connectivity index is 1.33. The van der Waals surface area contributed by atoms with E-state index in [-0.39, 0.29) is 17.1 Å². The van der Waals surface area contributed by atoms with E-state index < -0.39 is 0 Å². The first-order valence-electron chi connectivity index (χ1n) is 9.48. The number of carbonyl (C=O) groups excluding carboxylic acids is 2. The summed E-state index contributed by atoms with van der Waals surface area (Å²) < 4.78 is 6.09. The minimum Gasteiger partial charge on any atom is -0.459 e. The molecule has 30 heavy (non-hydrogen) atoms. The Kier molecular flexibility index (Phi) is 6.24. The highest BCUT2D eigenvalue weighted by molar-refractivity contribution is 9.10. The van der Waals surface area contributed by atoms with Crippen molar-refractivity contribution in [3.63, 3.8) is 0 Å². The van der Waals surface area contributed by atoms with E-state index in [1.54, 1.807) is 21.9 Å². The number of nitrogens with one attached hydrogen (secondary N) is 1. The fraction of sp³-hybridized carbons (Fsp3) is 0.300. The molecule has 0 aliphatic carbocycles. The molecule has 3 heterocycles. The summed E-state index contributed by atoms with van der Waals surface area (Å²) in [7, 11) is 0. The number of carbonyl (C=O) groups is 2. The van der Waals surface area contributed by atoms with E-state index >= 15 is 0 Å². The largest absolute Gasteiger partial charge is 0.459 e. The van der Waals surface area contributed by atoms with Gasteiger partial charge < -0.3 is 14.2 Å². The van der Waals surface area contributed by atoms with Gasteiger partial charge in [-0.05, 0) is 25.1 Å². The normalized spacial score (nSPS) is 15.3. The van der Waals surface area contributed by atoms with Gasteiger partial charge in [-0.15, -0.1) is 5.10 Å². The lowest BCUT2D eigenvalue weighted by Crippen LogP contribution is -2.52. The van der Waals surface area contributed by atoms with Crippen LogP contribution in [0.15, 0.2) is 56.7 Å². The number of halogens is 1. The number of aromatic amines is 1. The van der Waals surface area contributed by atoms with Crippen molar-refractivity contribution < 1.29 is 14.0 Å². The van der Waals surface area contributed by atoms with Crippen LogP contribution >= 0.6 is 27.7 Å². The number of furan rings is 1. The summed E-state index contributed by atoms with van der Waals surface area (Å²) in [5, 5.41) is 7.35. The maximum atomic E-state index is 12.8. The molecule has 0 saturated carbocycles. The van der Waals surface area contributed by atoms with E-state index in [2.05, 4.69) is 31.1 Å². The Bertz CT molecular complexity index is 1030. The predicted molar refractivity (Wildman–Crippen MR) is 116 cm³/mol. The van der Waals surface area contributed by atoms with Crippen LogP contribution in [0.25, 0.3) is 11.4 Å². The first-order valence-corrected chi connectivity index (χ1v) is 11.2. The van der Waals surface area contributed by atoms with Crippen molar-refractivity contribution in [1.29, 1.82) is 0 Å². The third kappa shape index (κ3) is 4.44. The molecule has 1 aliphatic rings. The molecular weight excluding hydrogens is 470 g/mol. The number of aromatic nitrogens is 3. The molecule has 1 N–H and O–H groups in total. The molecule has 2 aromatic heterocycles. The third-order valence-electron chi connectivity index (χ3n) is 4.83. The highest BCUT2D eigenvalue weighted by atomic mass is 79.9. The van der Waals surface area contributed by atoms with E-state index in [9.17, 15) is 9.59 Å². The molecule has 1 aliphatic heterocycles. The highest BCUT2D eigenvalue weighted by Crippen LogP contribution is 2.28. The van der Waals surface area contributed by atoms with Gasteiger partial charge in [0.1, 0.15) is 0 Å². The molecule has 3 aromatic rings. The lowest BCUT2D eigenvalue weighted by Gasteiger charge is -2.35.